The number of alkyl halides is 1. The predicted molar refractivity (Wildman–Crippen MR) is 78.1 cm³/mol. The summed E-state index contributed by atoms with van der Waals surface area (Å²) in [5.74, 6) is 0.761. The zero-order valence-electron chi connectivity index (χ0n) is 11.9. The third kappa shape index (κ3) is 13.8. The van der Waals surface area contributed by atoms with E-state index in [4.69, 9.17) is 16.3 Å². The first kappa shape index (κ1) is 17.8. The molecule has 0 radical (unpaired) electrons. The molecule has 0 atom stereocenters. The summed E-state index contributed by atoms with van der Waals surface area (Å²) in [6.07, 6.45) is 13.1. The molecule has 0 aliphatic carbocycles. The van der Waals surface area contributed by atoms with E-state index in [1.165, 1.54) is 44.9 Å². The highest BCUT2D eigenvalue weighted by atomic mass is 35.5. The van der Waals surface area contributed by atoms with E-state index in [9.17, 15) is 4.79 Å². The minimum absolute atomic E-state index is 0.0446. The standard InChI is InChI=1S/C15H29ClO2/c1-2-18-15(17)13-11-9-7-5-3-4-6-8-10-12-14-16/h2-14H2,1H3. The van der Waals surface area contributed by atoms with Gasteiger partial charge >= 0.3 is 5.97 Å². The Hall–Kier alpha value is -0.240. The molecular formula is C15H29ClO2. The molecule has 0 aromatic rings. The van der Waals surface area contributed by atoms with Crippen LogP contribution in [0.4, 0.5) is 0 Å². The average Bonchev–Trinajstić information content (AvgIpc) is 2.36. The first-order valence-electron chi connectivity index (χ1n) is 7.52. The maximum atomic E-state index is 11.1. The summed E-state index contributed by atoms with van der Waals surface area (Å²) in [5, 5.41) is 0. The lowest BCUT2D eigenvalue weighted by molar-refractivity contribution is -0.143. The second kappa shape index (κ2) is 14.8. The van der Waals surface area contributed by atoms with Crippen LogP contribution in [0.2, 0.25) is 0 Å². The van der Waals surface area contributed by atoms with Gasteiger partial charge in [-0.3, -0.25) is 4.79 Å². The first-order chi connectivity index (χ1) is 8.81. The van der Waals surface area contributed by atoms with E-state index in [-0.39, 0.29) is 5.97 Å². The number of hydrogen-bond acceptors (Lipinski definition) is 2. The lowest BCUT2D eigenvalue weighted by atomic mass is 10.1. The van der Waals surface area contributed by atoms with Crippen molar-refractivity contribution in [2.45, 2.75) is 77.6 Å². The van der Waals surface area contributed by atoms with Gasteiger partial charge in [0.1, 0.15) is 0 Å². The zero-order valence-corrected chi connectivity index (χ0v) is 12.6. The molecule has 0 aliphatic rings. The van der Waals surface area contributed by atoms with Crippen LogP contribution in [0.25, 0.3) is 0 Å². The molecule has 0 bridgehead atoms. The monoisotopic (exact) mass is 276 g/mol. The summed E-state index contributed by atoms with van der Waals surface area (Å²) < 4.78 is 4.89. The molecule has 0 N–H and O–H groups in total. The van der Waals surface area contributed by atoms with Crippen molar-refractivity contribution in [3.8, 4) is 0 Å². The highest BCUT2D eigenvalue weighted by molar-refractivity contribution is 6.17. The molecule has 0 aromatic carbocycles. The molecular weight excluding hydrogens is 248 g/mol. The van der Waals surface area contributed by atoms with Crippen LogP contribution >= 0.6 is 11.6 Å². The lowest BCUT2D eigenvalue weighted by Crippen LogP contribution is -2.03. The van der Waals surface area contributed by atoms with Gasteiger partial charge in [-0.25, -0.2) is 0 Å². The van der Waals surface area contributed by atoms with Crippen molar-refractivity contribution in [3.05, 3.63) is 0 Å². The molecule has 2 nitrogen and oxygen atoms in total. The number of carbonyl (C=O) groups excluding carboxylic acids is 1. The third-order valence-electron chi connectivity index (χ3n) is 3.07. The van der Waals surface area contributed by atoms with Gasteiger partial charge in [-0.15, -0.1) is 11.6 Å². The first-order valence-corrected chi connectivity index (χ1v) is 8.06. The summed E-state index contributed by atoms with van der Waals surface area (Å²) in [6, 6.07) is 0. The molecule has 0 rings (SSSR count). The van der Waals surface area contributed by atoms with Crippen LogP contribution in [-0.2, 0) is 9.53 Å². The quantitative estimate of drug-likeness (QED) is 0.266. The van der Waals surface area contributed by atoms with E-state index in [2.05, 4.69) is 0 Å². The van der Waals surface area contributed by atoms with Crippen molar-refractivity contribution < 1.29 is 9.53 Å². The SMILES string of the molecule is CCOC(=O)CCCCCCCCCCCCCl. The minimum Gasteiger partial charge on any atom is -0.466 e. The molecule has 0 fully saturated rings. The van der Waals surface area contributed by atoms with Crippen LogP contribution in [0.5, 0.6) is 0 Å². The Balaban J connectivity index is 3.01. The summed E-state index contributed by atoms with van der Waals surface area (Å²) in [7, 11) is 0. The van der Waals surface area contributed by atoms with Gasteiger partial charge in [-0.2, -0.15) is 0 Å². The Morgan fingerprint density at radius 2 is 1.28 bits per heavy atom. The van der Waals surface area contributed by atoms with Crippen LogP contribution in [0.1, 0.15) is 77.6 Å². The summed E-state index contributed by atoms with van der Waals surface area (Å²) in [4.78, 5) is 11.1. The van der Waals surface area contributed by atoms with Crippen molar-refractivity contribution in [1.29, 1.82) is 0 Å². The normalized spacial score (nSPS) is 10.6. The molecule has 0 unspecified atom stereocenters. The van der Waals surface area contributed by atoms with Crippen LogP contribution in [-0.4, -0.2) is 18.5 Å². The molecule has 0 amide bonds. The number of rotatable bonds is 13. The van der Waals surface area contributed by atoms with Crippen molar-refractivity contribution in [1.82, 2.24) is 0 Å². The molecule has 0 saturated heterocycles. The maximum Gasteiger partial charge on any atom is 0.305 e. The van der Waals surface area contributed by atoms with Crippen molar-refractivity contribution in [2.24, 2.45) is 0 Å². The summed E-state index contributed by atoms with van der Waals surface area (Å²) in [5.41, 5.74) is 0. The van der Waals surface area contributed by atoms with Gasteiger partial charge in [0.25, 0.3) is 0 Å². The van der Waals surface area contributed by atoms with Gasteiger partial charge in [-0.1, -0.05) is 51.4 Å². The number of unbranched alkanes of at least 4 members (excludes halogenated alkanes) is 9. The molecule has 0 aliphatic heterocycles. The van der Waals surface area contributed by atoms with E-state index in [0.717, 1.165) is 25.1 Å². The number of hydrogen-bond donors (Lipinski definition) is 0. The predicted octanol–water partition coefficient (Wildman–Crippen LogP) is 5.08. The van der Waals surface area contributed by atoms with Crippen molar-refractivity contribution in [2.75, 3.05) is 12.5 Å². The van der Waals surface area contributed by atoms with Gasteiger partial charge in [0.05, 0.1) is 6.61 Å². The molecule has 0 saturated carbocycles. The van der Waals surface area contributed by atoms with E-state index >= 15 is 0 Å². The summed E-state index contributed by atoms with van der Waals surface area (Å²) in [6.45, 7) is 2.35. The van der Waals surface area contributed by atoms with E-state index in [1.54, 1.807) is 0 Å². The fraction of sp³-hybridized carbons (Fsp3) is 0.933. The lowest BCUT2D eigenvalue weighted by Gasteiger charge is -2.03. The molecule has 108 valence electrons. The molecule has 0 aromatic heterocycles. The van der Waals surface area contributed by atoms with Crippen LogP contribution in [0.15, 0.2) is 0 Å². The molecule has 0 heterocycles. The highest BCUT2D eigenvalue weighted by Gasteiger charge is 2.00. The third-order valence-corrected chi connectivity index (χ3v) is 3.34. The Morgan fingerprint density at radius 3 is 1.72 bits per heavy atom. The second-order valence-electron chi connectivity index (χ2n) is 4.78. The Labute approximate surface area is 117 Å². The number of esters is 1. The minimum atomic E-state index is -0.0446. The van der Waals surface area contributed by atoms with Gasteiger partial charge < -0.3 is 4.74 Å². The Morgan fingerprint density at radius 1 is 0.833 bits per heavy atom. The van der Waals surface area contributed by atoms with Crippen LogP contribution in [0, 0.1) is 0 Å². The van der Waals surface area contributed by atoms with Crippen molar-refractivity contribution >= 4 is 17.6 Å². The fourth-order valence-electron chi connectivity index (χ4n) is 2.01. The highest BCUT2D eigenvalue weighted by Crippen LogP contribution is 2.11. The molecule has 0 spiro atoms. The van der Waals surface area contributed by atoms with Gasteiger partial charge in [0.2, 0.25) is 0 Å². The van der Waals surface area contributed by atoms with Crippen molar-refractivity contribution in [3.63, 3.8) is 0 Å². The topological polar surface area (TPSA) is 26.3 Å². The van der Waals surface area contributed by atoms with Gasteiger partial charge in [0, 0.05) is 12.3 Å². The zero-order chi connectivity index (χ0) is 13.5. The molecule has 18 heavy (non-hydrogen) atoms. The van der Waals surface area contributed by atoms with Gasteiger partial charge in [0.15, 0.2) is 0 Å². The van der Waals surface area contributed by atoms with Crippen LogP contribution in [0.3, 0.4) is 0 Å². The second-order valence-corrected chi connectivity index (χ2v) is 5.16. The van der Waals surface area contributed by atoms with E-state index < -0.39 is 0 Å². The number of ether oxygens (including phenoxy) is 1. The maximum absolute atomic E-state index is 11.1. The number of halogens is 1. The Bertz CT molecular complexity index is 183. The number of carbonyl (C=O) groups is 1. The average molecular weight is 277 g/mol. The molecule has 3 heteroatoms. The van der Waals surface area contributed by atoms with E-state index in [1.807, 2.05) is 6.92 Å². The smallest absolute Gasteiger partial charge is 0.305 e. The summed E-state index contributed by atoms with van der Waals surface area (Å²) >= 11 is 5.62. The fourth-order valence-corrected chi connectivity index (χ4v) is 2.20. The van der Waals surface area contributed by atoms with Gasteiger partial charge in [-0.05, 0) is 19.8 Å². The Kier molecular flexibility index (Phi) is 14.6. The van der Waals surface area contributed by atoms with E-state index in [0.29, 0.717) is 13.0 Å². The largest absolute Gasteiger partial charge is 0.466 e. The van der Waals surface area contributed by atoms with Crippen LogP contribution < -0.4 is 0 Å².